The van der Waals surface area contributed by atoms with Crippen molar-refractivity contribution in [1.82, 2.24) is 14.9 Å². The van der Waals surface area contributed by atoms with E-state index in [0.717, 1.165) is 38.0 Å². The lowest BCUT2D eigenvalue weighted by Gasteiger charge is -2.19. The predicted octanol–water partition coefficient (Wildman–Crippen LogP) is 5.36. The number of hydrogen-bond donors (Lipinski definition) is 0. The summed E-state index contributed by atoms with van der Waals surface area (Å²) in [6.45, 7) is 6.64. The van der Waals surface area contributed by atoms with Crippen molar-refractivity contribution in [2.45, 2.75) is 31.3 Å². The molecule has 0 saturated heterocycles. The van der Waals surface area contributed by atoms with E-state index in [2.05, 4.69) is 83.3 Å². The molecule has 4 nitrogen and oxygen atoms in total. The van der Waals surface area contributed by atoms with E-state index in [0.29, 0.717) is 0 Å². The maximum absolute atomic E-state index is 4.82. The van der Waals surface area contributed by atoms with Crippen molar-refractivity contribution in [3.8, 4) is 11.4 Å². The third-order valence-electron chi connectivity index (χ3n) is 4.36. The normalized spacial score (nSPS) is 14.1. The standard InChI is InChI=1S/C20H19BrN4S/c1-20(2,3)15-8-4-14(5-9-15)18-22-23-19-25(18)24-17(12-26-19)13-6-10-16(21)11-7-13/h4-11H,12H2,1-3H3. The molecule has 2 aromatic carbocycles. The minimum Gasteiger partial charge on any atom is -0.187 e. The first-order chi connectivity index (χ1) is 12.4. The smallest absolute Gasteiger partial charge is 0.187 e. The summed E-state index contributed by atoms with van der Waals surface area (Å²) in [5.41, 5.74) is 4.61. The Morgan fingerprint density at radius 2 is 1.58 bits per heavy atom. The van der Waals surface area contributed by atoms with E-state index in [-0.39, 0.29) is 5.41 Å². The molecular weight excluding hydrogens is 408 g/mol. The lowest BCUT2D eigenvalue weighted by Crippen LogP contribution is -2.14. The molecule has 1 aromatic heterocycles. The molecule has 0 spiro atoms. The van der Waals surface area contributed by atoms with Crippen LogP contribution in [-0.2, 0) is 5.41 Å². The molecule has 26 heavy (non-hydrogen) atoms. The summed E-state index contributed by atoms with van der Waals surface area (Å²) >= 11 is 5.15. The van der Waals surface area contributed by atoms with E-state index in [1.54, 1.807) is 11.8 Å². The first-order valence-corrected chi connectivity index (χ1v) is 10.2. The van der Waals surface area contributed by atoms with E-state index < -0.39 is 0 Å². The van der Waals surface area contributed by atoms with Crippen LogP contribution < -0.4 is 0 Å². The van der Waals surface area contributed by atoms with E-state index in [9.17, 15) is 0 Å². The Morgan fingerprint density at radius 1 is 0.923 bits per heavy atom. The van der Waals surface area contributed by atoms with Crippen LogP contribution in [0.2, 0.25) is 0 Å². The van der Waals surface area contributed by atoms with Crippen molar-refractivity contribution < 1.29 is 0 Å². The second-order valence-corrected chi connectivity index (χ2v) is 9.15. The molecule has 0 N–H and O–H groups in total. The summed E-state index contributed by atoms with van der Waals surface area (Å²) in [5.74, 6) is 1.57. The number of hydrogen-bond acceptors (Lipinski definition) is 4. The van der Waals surface area contributed by atoms with Crippen molar-refractivity contribution in [3.05, 3.63) is 64.1 Å². The SMILES string of the molecule is CC(C)(C)c1ccc(-c2nnc3n2N=C(c2ccc(Br)cc2)CS3)cc1. The average Bonchev–Trinajstić information content (AvgIpc) is 3.05. The van der Waals surface area contributed by atoms with Crippen molar-refractivity contribution in [2.24, 2.45) is 5.10 Å². The van der Waals surface area contributed by atoms with Crippen LogP contribution in [0.1, 0.15) is 31.9 Å². The fourth-order valence-corrected chi connectivity index (χ4v) is 3.91. The molecule has 1 aliphatic heterocycles. The van der Waals surface area contributed by atoms with Gasteiger partial charge in [0.15, 0.2) is 5.82 Å². The largest absolute Gasteiger partial charge is 0.212 e. The van der Waals surface area contributed by atoms with Crippen molar-refractivity contribution in [1.29, 1.82) is 0 Å². The molecule has 0 amide bonds. The predicted molar refractivity (Wildman–Crippen MR) is 111 cm³/mol. The van der Waals surface area contributed by atoms with Gasteiger partial charge in [-0.25, -0.2) is 0 Å². The van der Waals surface area contributed by atoms with E-state index in [1.165, 1.54) is 5.56 Å². The maximum Gasteiger partial charge on any atom is 0.212 e. The van der Waals surface area contributed by atoms with Crippen LogP contribution in [0.5, 0.6) is 0 Å². The van der Waals surface area contributed by atoms with Crippen LogP contribution in [0, 0.1) is 0 Å². The summed E-state index contributed by atoms with van der Waals surface area (Å²) in [5, 5.41) is 14.3. The average molecular weight is 427 g/mol. The lowest BCUT2D eigenvalue weighted by molar-refractivity contribution is 0.590. The minimum absolute atomic E-state index is 0.131. The second-order valence-electron chi connectivity index (χ2n) is 7.29. The number of aromatic nitrogens is 3. The molecule has 0 saturated carbocycles. The molecule has 0 fully saturated rings. The van der Waals surface area contributed by atoms with Gasteiger partial charge in [-0.1, -0.05) is 84.9 Å². The molecule has 0 radical (unpaired) electrons. The molecule has 6 heteroatoms. The molecule has 4 rings (SSSR count). The minimum atomic E-state index is 0.131. The summed E-state index contributed by atoms with van der Waals surface area (Å²) < 4.78 is 2.92. The van der Waals surface area contributed by atoms with E-state index in [1.807, 2.05) is 16.8 Å². The van der Waals surface area contributed by atoms with Gasteiger partial charge in [0.1, 0.15) is 0 Å². The Kier molecular flexibility index (Phi) is 4.49. The molecule has 0 atom stereocenters. The van der Waals surface area contributed by atoms with E-state index >= 15 is 0 Å². The molecule has 3 aromatic rings. The topological polar surface area (TPSA) is 43.1 Å². The summed E-state index contributed by atoms with van der Waals surface area (Å²) in [7, 11) is 0. The Bertz CT molecular complexity index is 967. The van der Waals surface area contributed by atoms with Crippen LogP contribution in [0.15, 0.2) is 63.3 Å². The van der Waals surface area contributed by atoms with Crippen LogP contribution >= 0.6 is 27.7 Å². The Morgan fingerprint density at radius 3 is 2.23 bits per heavy atom. The molecule has 0 unspecified atom stereocenters. The summed E-state index contributed by atoms with van der Waals surface area (Å²) in [6, 6.07) is 16.8. The first-order valence-electron chi connectivity index (χ1n) is 8.45. The molecular formula is C20H19BrN4S. The fourth-order valence-electron chi connectivity index (χ4n) is 2.81. The molecule has 132 valence electrons. The maximum atomic E-state index is 4.82. The zero-order valence-corrected chi connectivity index (χ0v) is 17.3. The Balaban J connectivity index is 1.72. The third kappa shape index (κ3) is 3.35. The zero-order chi connectivity index (χ0) is 18.3. The van der Waals surface area contributed by atoms with Gasteiger partial charge in [-0.05, 0) is 28.7 Å². The number of rotatable bonds is 2. The summed E-state index contributed by atoms with van der Waals surface area (Å²) in [4.78, 5) is 0. The van der Waals surface area contributed by atoms with Crippen LogP contribution in [0.3, 0.4) is 0 Å². The fraction of sp³-hybridized carbons (Fsp3) is 0.250. The molecule has 0 bridgehead atoms. The van der Waals surface area contributed by atoms with Gasteiger partial charge in [0, 0.05) is 15.8 Å². The van der Waals surface area contributed by atoms with Gasteiger partial charge < -0.3 is 0 Å². The second kappa shape index (κ2) is 6.67. The number of nitrogens with zero attached hydrogens (tertiary/aromatic N) is 4. The molecule has 2 heterocycles. The lowest BCUT2D eigenvalue weighted by atomic mass is 9.87. The monoisotopic (exact) mass is 426 g/mol. The Labute approximate surface area is 165 Å². The quantitative estimate of drug-likeness (QED) is 0.553. The van der Waals surface area contributed by atoms with Gasteiger partial charge in [-0.3, -0.25) is 0 Å². The van der Waals surface area contributed by atoms with Gasteiger partial charge in [0.05, 0.1) is 5.71 Å². The number of fused-ring (bicyclic) bond motifs is 1. The first kappa shape index (κ1) is 17.5. The highest BCUT2D eigenvalue weighted by atomic mass is 79.9. The van der Waals surface area contributed by atoms with Crippen molar-refractivity contribution >= 4 is 33.4 Å². The number of halogens is 1. The highest BCUT2D eigenvalue weighted by Crippen LogP contribution is 2.30. The van der Waals surface area contributed by atoms with Gasteiger partial charge in [-0.15, -0.1) is 10.2 Å². The zero-order valence-electron chi connectivity index (χ0n) is 14.9. The Hall–Kier alpha value is -1.92. The van der Waals surface area contributed by atoms with Crippen molar-refractivity contribution in [3.63, 3.8) is 0 Å². The summed E-state index contributed by atoms with van der Waals surface area (Å²) in [6.07, 6.45) is 0. The highest BCUT2D eigenvalue weighted by molar-refractivity contribution is 9.10. The van der Waals surface area contributed by atoms with Gasteiger partial charge >= 0.3 is 0 Å². The molecule has 1 aliphatic rings. The van der Waals surface area contributed by atoms with Crippen LogP contribution in [0.4, 0.5) is 0 Å². The van der Waals surface area contributed by atoms with Gasteiger partial charge in [0.25, 0.3) is 0 Å². The van der Waals surface area contributed by atoms with Crippen LogP contribution in [-0.4, -0.2) is 26.3 Å². The van der Waals surface area contributed by atoms with E-state index in [4.69, 9.17) is 5.10 Å². The number of benzene rings is 2. The molecule has 0 aliphatic carbocycles. The van der Waals surface area contributed by atoms with Gasteiger partial charge in [-0.2, -0.15) is 9.78 Å². The van der Waals surface area contributed by atoms with Gasteiger partial charge in [0.2, 0.25) is 5.16 Å². The third-order valence-corrected chi connectivity index (χ3v) is 5.82. The number of thioether (sulfide) groups is 1. The highest BCUT2D eigenvalue weighted by Gasteiger charge is 2.21. The van der Waals surface area contributed by atoms with Crippen molar-refractivity contribution in [2.75, 3.05) is 5.75 Å². The van der Waals surface area contributed by atoms with Crippen LogP contribution in [0.25, 0.3) is 11.4 Å².